The maximum Gasteiger partial charge on any atom is 0.330 e. The van der Waals surface area contributed by atoms with Crippen LogP contribution in [0.1, 0.15) is 26.7 Å². The van der Waals surface area contributed by atoms with Crippen LogP contribution >= 0.6 is 0 Å². The van der Waals surface area contributed by atoms with E-state index in [9.17, 15) is 4.79 Å². The number of epoxide rings is 1. The monoisotopic (exact) mass is 228 g/mol. The lowest BCUT2D eigenvalue weighted by Gasteiger charge is -2.03. The van der Waals surface area contributed by atoms with E-state index >= 15 is 0 Å². The number of hydrogen-bond donors (Lipinski definition) is 0. The molecule has 0 amide bonds. The van der Waals surface area contributed by atoms with E-state index in [0.29, 0.717) is 25.9 Å². The number of esters is 1. The van der Waals surface area contributed by atoms with E-state index in [-0.39, 0.29) is 5.97 Å². The molecule has 1 unspecified atom stereocenters. The van der Waals surface area contributed by atoms with E-state index in [1.54, 1.807) is 0 Å². The smallest absolute Gasteiger partial charge is 0.330 e. The predicted octanol–water partition coefficient (Wildman–Crippen LogP) is 1.69. The number of allylic oxidation sites excluding steroid dienone is 1. The molecule has 1 fully saturated rings. The SMILES string of the molecule is CC(C)=CC(=O)OCCCCOCC1CO1. The molecular weight excluding hydrogens is 208 g/mol. The fourth-order valence-electron chi connectivity index (χ4n) is 1.14. The van der Waals surface area contributed by atoms with Gasteiger partial charge in [-0.25, -0.2) is 4.79 Å². The molecule has 0 bridgehead atoms. The minimum Gasteiger partial charge on any atom is -0.463 e. The van der Waals surface area contributed by atoms with Crippen molar-refractivity contribution in [1.82, 2.24) is 0 Å². The van der Waals surface area contributed by atoms with Crippen molar-refractivity contribution in [2.45, 2.75) is 32.8 Å². The standard InChI is InChI=1S/C12H20O4/c1-10(2)7-12(13)15-6-4-3-5-14-8-11-9-16-11/h7,11H,3-6,8-9H2,1-2H3. The van der Waals surface area contributed by atoms with Crippen molar-refractivity contribution in [3.05, 3.63) is 11.6 Å². The number of carbonyl (C=O) groups excluding carboxylic acids is 1. The van der Waals surface area contributed by atoms with Crippen molar-refractivity contribution >= 4 is 5.97 Å². The highest BCUT2D eigenvalue weighted by atomic mass is 16.6. The molecule has 4 heteroatoms. The Labute approximate surface area is 96.6 Å². The maximum absolute atomic E-state index is 11.1. The summed E-state index contributed by atoms with van der Waals surface area (Å²) in [6.07, 6.45) is 3.58. The molecule has 1 heterocycles. The average molecular weight is 228 g/mol. The Bertz CT molecular complexity index is 239. The Kier molecular flexibility index (Phi) is 6.11. The predicted molar refractivity (Wildman–Crippen MR) is 60.2 cm³/mol. The Morgan fingerprint density at radius 3 is 2.69 bits per heavy atom. The first-order chi connectivity index (χ1) is 7.68. The number of carbonyl (C=O) groups is 1. The van der Waals surface area contributed by atoms with Gasteiger partial charge in [0.15, 0.2) is 0 Å². The second-order valence-corrected chi connectivity index (χ2v) is 4.13. The van der Waals surface area contributed by atoms with Crippen LogP contribution in [0.5, 0.6) is 0 Å². The third-order valence-corrected chi connectivity index (χ3v) is 2.04. The quantitative estimate of drug-likeness (QED) is 0.274. The van der Waals surface area contributed by atoms with E-state index in [4.69, 9.17) is 14.2 Å². The van der Waals surface area contributed by atoms with Gasteiger partial charge >= 0.3 is 5.97 Å². The summed E-state index contributed by atoms with van der Waals surface area (Å²) in [7, 11) is 0. The van der Waals surface area contributed by atoms with E-state index in [2.05, 4.69) is 0 Å². The average Bonchev–Trinajstić information content (AvgIpc) is 2.99. The number of rotatable bonds is 8. The minimum atomic E-state index is -0.257. The molecule has 0 N–H and O–H groups in total. The normalized spacial score (nSPS) is 18.0. The molecule has 1 aliphatic rings. The molecule has 0 saturated carbocycles. The summed E-state index contributed by atoms with van der Waals surface area (Å²) in [5, 5.41) is 0. The van der Waals surface area contributed by atoms with Gasteiger partial charge in [0.25, 0.3) is 0 Å². The molecular formula is C12H20O4. The lowest BCUT2D eigenvalue weighted by Crippen LogP contribution is -2.06. The van der Waals surface area contributed by atoms with Crippen molar-refractivity contribution in [2.75, 3.05) is 26.4 Å². The van der Waals surface area contributed by atoms with Crippen LogP contribution in [0.3, 0.4) is 0 Å². The summed E-state index contributed by atoms with van der Waals surface area (Å²) in [6.45, 7) is 6.44. The van der Waals surface area contributed by atoms with Gasteiger partial charge in [0.05, 0.1) is 19.8 Å². The van der Waals surface area contributed by atoms with Gasteiger partial charge in [-0.2, -0.15) is 0 Å². The van der Waals surface area contributed by atoms with Crippen LogP contribution in [0.2, 0.25) is 0 Å². The van der Waals surface area contributed by atoms with Crippen LogP contribution in [0.25, 0.3) is 0 Å². The van der Waals surface area contributed by atoms with Gasteiger partial charge in [-0.15, -0.1) is 0 Å². The molecule has 0 aliphatic carbocycles. The van der Waals surface area contributed by atoms with Crippen LogP contribution in [0.15, 0.2) is 11.6 Å². The molecule has 0 radical (unpaired) electrons. The summed E-state index contributed by atoms with van der Waals surface area (Å²) in [6, 6.07) is 0. The van der Waals surface area contributed by atoms with Crippen molar-refractivity contribution in [3.63, 3.8) is 0 Å². The lowest BCUT2D eigenvalue weighted by molar-refractivity contribution is -0.138. The summed E-state index contributed by atoms with van der Waals surface area (Å²) in [4.78, 5) is 11.1. The van der Waals surface area contributed by atoms with Crippen LogP contribution in [0.4, 0.5) is 0 Å². The number of ether oxygens (including phenoxy) is 3. The fraction of sp³-hybridized carbons (Fsp3) is 0.750. The molecule has 4 nitrogen and oxygen atoms in total. The Morgan fingerprint density at radius 1 is 1.38 bits per heavy atom. The maximum atomic E-state index is 11.1. The van der Waals surface area contributed by atoms with E-state index < -0.39 is 0 Å². The van der Waals surface area contributed by atoms with Gasteiger partial charge in [-0.3, -0.25) is 0 Å². The zero-order chi connectivity index (χ0) is 11.8. The molecule has 0 aromatic carbocycles. The van der Waals surface area contributed by atoms with Gasteiger partial charge in [-0.1, -0.05) is 5.57 Å². The van der Waals surface area contributed by atoms with Crippen molar-refractivity contribution in [1.29, 1.82) is 0 Å². The van der Waals surface area contributed by atoms with Gasteiger partial charge in [-0.05, 0) is 26.7 Å². The van der Waals surface area contributed by atoms with Gasteiger partial charge < -0.3 is 14.2 Å². The topological polar surface area (TPSA) is 48.1 Å². The van der Waals surface area contributed by atoms with Crippen molar-refractivity contribution in [2.24, 2.45) is 0 Å². The van der Waals surface area contributed by atoms with Gasteiger partial charge in [0.1, 0.15) is 6.10 Å². The van der Waals surface area contributed by atoms with Crippen molar-refractivity contribution < 1.29 is 19.0 Å². The van der Waals surface area contributed by atoms with Gasteiger partial charge in [0, 0.05) is 12.7 Å². The number of unbranched alkanes of at least 4 members (excludes halogenated alkanes) is 1. The molecule has 0 spiro atoms. The van der Waals surface area contributed by atoms with E-state index in [0.717, 1.165) is 25.0 Å². The van der Waals surface area contributed by atoms with Crippen molar-refractivity contribution in [3.8, 4) is 0 Å². The minimum absolute atomic E-state index is 0.257. The van der Waals surface area contributed by atoms with Gasteiger partial charge in [0.2, 0.25) is 0 Å². The largest absolute Gasteiger partial charge is 0.463 e. The molecule has 1 saturated heterocycles. The summed E-state index contributed by atoms with van der Waals surface area (Å²) >= 11 is 0. The molecule has 1 atom stereocenters. The summed E-state index contributed by atoms with van der Waals surface area (Å²) in [5.41, 5.74) is 0.956. The molecule has 1 aliphatic heterocycles. The summed E-state index contributed by atoms with van der Waals surface area (Å²) < 4.78 is 15.4. The first-order valence-corrected chi connectivity index (χ1v) is 5.69. The molecule has 0 aromatic rings. The zero-order valence-corrected chi connectivity index (χ0v) is 10.0. The Morgan fingerprint density at radius 2 is 2.06 bits per heavy atom. The molecule has 92 valence electrons. The second-order valence-electron chi connectivity index (χ2n) is 4.13. The van der Waals surface area contributed by atoms with Crippen LogP contribution in [-0.4, -0.2) is 38.5 Å². The molecule has 0 aromatic heterocycles. The third-order valence-electron chi connectivity index (χ3n) is 2.04. The Balaban J connectivity index is 1.83. The highest BCUT2D eigenvalue weighted by Crippen LogP contribution is 2.08. The van der Waals surface area contributed by atoms with Crippen LogP contribution in [0, 0.1) is 0 Å². The first-order valence-electron chi connectivity index (χ1n) is 5.69. The molecule has 1 rings (SSSR count). The van der Waals surface area contributed by atoms with Crippen LogP contribution < -0.4 is 0 Å². The van der Waals surface area contributed by atoms with E-state index in [1.165, 1.54) is 6.08 Å². The number of hydrogen-bond acceptors (Lipinski definition) is 4. The summed E-state index contributed by atoms with van der Waals surface area (Å²) in [5.74, 6) is -0.257. The third kappa shape index (κ3) is 7.43. The molecule has 16 heavy (non-hydrogen) atoms. The zero-order valence-electron chi connectivity index (χ0n) is 10.0. The van der Waals surface area contributed by atoms with Crippen LogP contribution in [-0.2, 0) is 19.0 Å². The lowest BCUT2D eigenvalue weighted by atomic mass is 10.3. The fourth-order valence-corrected chi connectivity index (χ4v) is 1.14. The highest BCUT2D eigenvalue weighted by molar-refractivity contribution is 5.82. The highest BCUT2D eigenvalue weighted by Gasteiger charge is 2.21. The van der Waals surface area contributed by atoms with E-state index in [1.807, 2.05) is 13.8 Å². The first kappa shape index (κ1) is 13.2. The second kappa shape index (κ2) is 7.41. The Hall–Kier alpha value is -0.870.